The Kier molecular flexibility index (Phi) is 5.16. The first kappa shape index (κ1) is 18.0. The van der Waals surface area contributed by atoms with E-state index in [1.807, 2.05) is 0 Å². The van der Waals surface area contributed by atoms with E-state index in [1.54, 1.807) is 29.4 Å². The van der Waals surface area contributed by atoms with Crippen LogP contribution < -0.4 is 0 Å². The molecular formula is C21H23F2N3O. The fourth-order valence-electron chi connectivity index (χ4n) is 4.18. The number of pyridine rings is 1. The van der Waals surface area contributed by atoms with Crippen LogP contribution in [0, 0.1) is 11.6 Å². The SMILES string of the molecule is O=C(c1c(F)cc(-c2cccnc2)cc1F)N1CCCC1CN1CCCC1. The summed E-state index contributed by atoms with van der Waals surface area (Å²) in [7, 11) is 0. The van der Waals surface area contributed by atoms with Gasteiger partial charge in [-0.25, -0.2) is 8.78 Å². The van der Waals surface area contributed by atoms with Crippen LogP contribution in [0.25, 0.3) is 11.1 Å². The van der Waals surface area contributed by atoms with Gasteiger partial charge in [-0.05, 0) is 62.5 Å². The monoisotopic (exact) mass is 371 g/mol. The highest BCUT2D eigenvalue weighted by Crippen LogP contribution is 2.28. The zero-order valence-corrected chi connectivity index (χ0v) is 15.2. The molecule has 0 N–H and O–H groups in total. The fraction of sp³-hybridized carbons (Fsp3) is 0.429. The third kappa shape index (κ3) is 3.72. The summed E-state index contributed by atoms with van der Waals surface area (Å²) < 4.78 is 29.4. The van der Waals surface area contributed by atoms with Crippen LogP contribution in [0.2, 0.25) is 0 Å². The molecule has 1 aromatic carbocycles. The zero-order valence-electron chi connectivity index (χ0n) is 15.2. The number of halogens is 2. The average Bonchev–Trinajstić information content (AvgIpc) is 3.34. The topological polar surface area (TPSA) is 36.4 Å². The molecule has 0 spiro atoms. The van der Waals surface area contributed by atoms with Crippen molar-refractivity contribution in [3.63, 3.8) is 0 Å². The van der Waals surface area contributed by atoms with Gasteiger partial charge in [-0.2, -0.15) is 0 Å². The highest BCUT2D eigenvalue weighted by atomic mass is 19.1. The lowest BCUT2D eigenvalue weighted by Gasteiger charge is -2.28. The van der Waals surface area contributed by atoms with E-state index < -0.39 is 23.1 Å². The largest absolute Gasteiger partial charge is 0.334 e. The van der Waals surface area contributed by atoms with Gasteiger partial charge in [-0.3, -0.25) is 9.78 Å². The Hall–Kier alpha value is -2.34. The molecule has 0 bridgehead atoms. The van der Waals surface area contributed by atoms with E-state index in [-0.39, 0.29) is 6.04 Å². The molecule has 2 saturated heterocycles. The van der Waals surface area contributed by atoms with Crippen LogP contribution in [0.3, 0.4) is 0 Å². The van der Waals surface area contributed by atoms with Crippen molar-refractivity contribution in [3.05, 3.63) is 53.9 Å². The molecule has 6 heteroatoms. The van der Waals surface area contributed by atoms with Crippen molar-refractivity contribution in [2.24, 2.45) is 0 Å². The number of hydrogen-bond donors (Lipinski definition) is 0. The van der Waals surface area contributed by atoms with Crippen LogP contribution in [0.4, 0.5) is 8.78 Å². The molecule has 1 amide bonds. The van der Waals surface area contributed by atoms with E-state index >= 15 is 0 Å². The van der Waals surface area contributed by atoms with Gasteiger partial charge in [0.2, 0.25) is 0 Å². The molecule has 4 nitrogen and oxygen atoms in total. The second-order valence-corrected chi connectivity index (χ2v) is 7.36. The van der Waals surface area contributed by atoms with Crippen LogP contribution in [0.1, 0.15) is 36.0 Å². The van der Waals surface area contributed by atoms with Crippen molar-refractivity contribution < 1.29 is 13.6 Å². The summed E-state index contributed by atoms with van der Waals surface area (Å²) in [6, 6.07) is 5.91. The molecule has 3 heterocycles. The normalized spacial score (nSPS) is 20.4. The maximum absolute atomic E-state index is 14.7. The molecule has 1 aromatic heterocycles. The van der Waals surface area contributed by atoms with Gasteiger partial charge < -0.3 is 9.80 Å². The van der Waals surface area contributed by atoms with Gasteiger partial charge >= 0.3 is 0 Å². The van der Waals surface area contributed by atoms with Crippen molar-refractivity contribution in [3.8, 4) is 11.1 Å². The van der Waals surface area contributed by atoms with Gasteiger partial charge in [0.05, 0.1) is 0 Å². The van der Waals surface area contributed by atoms with Crippen molar-refractivity contribution in [2.45, 2.75) is 31.7 Å². The number of hydrogen-bond acceptors (Lipinski definition) is 3. The van der Waals surface area contributed by atoms with Crippen LogP contribution in [0.5, 0.6) is 0 Å². The third-order valence-corrected chi connectivity index (χ3v) is 5.56. The van der Waals surface area contributed by atoms with Gasteiger partial charge in [-0.15, -0.1) is 0 Å². The van der Waals surface area contributed by atoms with E-state index in [2.05, 4.69) is 9.88 Å². The second kappa shape index (κ2) is 7.72. The van der Waals surface area contributed by atoms with E-state index in [9.17, 15) is 13.6 Å². The minimum atomic E-state index is -0.814. The minimum Gasteiger partial charge on any atom is -0.334 e. The zero-order chi connectivity index (χ0) is 18.8. The average molecular weight is 371 g/mol. The first-order chi connectivity index (χ1) is 13.1. The van der Waals surface area contributed by atoms with Gasteiger partial charge in [0, 0.05) is 37.1 Å². The Morgan fingerprint density at radius 3 is 2.48 bits per heavy atom. The molecule has 0 saturated carbocycles. The van der Waals surface area contributed by atoms with Crippen molar-refractivity contribution in [1.82, 2.24) is 14.8 Å². The first-order valence-corrected chi connectivity index (χ1v) is 9.56. The predicted octanol–water partition coefficient (Wildman–Crippen LogP) is 3.73. The number of nitrogens with zero attached hydrogens (tertiary/aromatic N) is 3. The van der Waals surface area contributed by atoms with E-state index in [0.29, 0.717) is 17.7 Å². The number of aromatic nitrogens is 1. The molecule has 2 aromatic rings. The molecule has 0 aliphatic carbocycles. The van der Waals surface area contributed by atoms with Crippen LogP contribution in [0.15, 0.2) is 36.7 Å². The van der Waals surface area contributed by atoms with Crippen LogP contribution >= 0.6 is 0 Å². The van der Waals surface area contributed by atoms with Crippen molar-refractivity contribution >= 4 is 5.91 Å². The molecule has 2 aliphatic heterocycles. The van der Waals surface area contributed by atoms with Gasteiger partial charge in [0.15, 0.2) is 0 Å². The fourth-order valence-corrected chi connectivity index (χ4v) is 4.18. The molecule has 27 heavy (non-hydrogen) atoms. The Balaban J connectivity index is 1.57. The molecule has 1 atom stereocenters. The summed E-state index contributed by atoms with van der Waals surface area (Å²) in [5.41, 5.74) is 0.544. The predicted molar refractivity (Wildman–Crippen MR) is 99.3 cm³/mol. The number of carbonyl (C=O) groups excluding carboxylic acids is 1. The number of likely N-dealkylation sites (tertiary alicyclic amines) is 2. The lowest BCUT2D eigenvalue weighted by Crippen LogP contribution is -2.43. The molecular weight excluding hydrogens is 348 g/mol. The molecule has 1 unspecified atom stereocenters. The molecule has 4 rings (SSSR count). The summed E-state index contributed by atoms with van der Waals surface area (Å²) in [6.07, 6.45) is 7.27. The summed E-state index contributed by atoms with van der Waals surface area (Å²) >= 11 is 0. The van der Waals surface area contributed by atoms with Crippen LogP contribution in [-0.2, 0) is 0 Å². The Morgan fingerprint density at radius 2 is 1.81 bits per heavy atom. The number of carbonyl (C=O) groups is 1. The Bertz CT molecular complexity index is 798. The minimum absolute atomic E-state index is 0.0346. The highest BCUT2D eigenvalue weighted by molar-refractivity contribution is 5.95. The quantitative estimate of drug-likeness (QED) is 0.822. The number of benzene rings is 1. The Labute approximate surface area is 157 Å². The molecule has 142 valence electrons. The maximum Gasteiger partial charge on any atom is 0.260 e. The summed E-state index contributed by atoms with van der Waals surface area (Å²) in [4.78, 5) is 20.9. The lowest BCUT2D eigenvalue weighted by molar-refractivity contribution is 0.0699. The lowest BCUT2D eigenvalue weighted by atomic mass is 10.0. The smallest absolute Gasteiger partial charge is 0.260 e. The molecule has 2 fully saturated rings. The van der Waals surface area contributed by atoms with E-state index in [0.717, 1.165) is 32.5 Å². The summed E-state index contributed by atoms with van der Waals surface area (Å²) in [6.45, 7) is 3.44. The number of amides is 1. The van der Waals surface area contributed by atoms with Gasteiger partial charge in [0.25, 0.3) is 5.91 Å². The highest BCUT2D eigenvalue weighted by Gasteiger charge is 2.34. The molecule has 0 radical (unpaired) electrons. The van der Waals surface area contributed by atoms with E-state index in [1.165, 1.54) is 25.0 Å². The Morgan fingerprint density at radius 1 is 1.07 bits per heavy atom. The van der Waals surface area contributed by atoms with Crippen molar-refractivity contribution in [2.75, 3.05) is 26.2 Å². The van der Waals surface area contributed by atoms with Gasteiger partial charge in [0.1, 0.15) is 17.2 Å². The van der Waals surface area contributed by atoms with E-state index in [4.69, 9.17) is 0 Å². The van der Waals surface area contributed by atoms with Crippen molar-refractivity contribution in [1.29, 1.82) is 0 Å². The standard InChI is InChI=1S/C21H23F2N3O/c22-18-11-16(15-5-3-7-24-13-15)12-19(23)20(18)21(27)26-10-4-6-17(26)14-25-8-1-2-9-25/h3,5,7,11-13,17H,1-2,4,6,8-10,14H2. The van der Waals surface area contributed by atoms with Gasteiger partial charge in [-0.1, -0.05) is 6.07 Å². The first-order valence-electron chi connectivity index (χ1n) is 9.56. The van der Waals surface area contributed by atoms with Crippen LogP contribution in [-0.4, -0.2) is 52.9 Å². The summed E-state index contributed by atoms with van der Waals surface area (Å²) in [5.74, 6) is -2.17. The summed E-state index contributed by atoms with van der Waals surface area (Å²) in [5, 5.41) is 0. The second-order valence-electron chi connectivity index (χ2n) is 7.36. The third-order valence-electron chi connectivity index (χ3n) is 5.56. The molecule has 2 aliphatic rings. The number of rotatable bonds is 4. The maximum atomic E-state index is 14.7.